The van der Waals surface area contributed by atoms with Gasteiger partial charge < -0.3 is 24.4 Å². The molecule has 1 N–H and O–H groups in total. The molecular formula is C32H33ClN4O3. The molecule has 2 atom stereocenters. The number of methoxy groups -OCH3 is 1. The molecule has 3 heterocycles. The maximum atomic E-state index is 14.6. The van der Waals surface area contributed by atoms with Crippen LogP contribution in [-0.4, -0.2) is 73.0 Å². The molecule has 3 aromatic carbocycles. The van der Waals surface area contributed by atoms with E-state index < -0.39 is 12.0 Å². The van der Waals surface area contributed by atoms with E-state index >= 15 is 0 Å². The van der Waals surface area contributed by atoms with Crippen molar-refractivity contribution in [1.82, 2.24) is 14.8 Å². The number of carbonyl (C=O) groups is 2. The molecule has 0 radical (unpaired) electrons. The number of hydrogen-bond acceptors (Lipinski definition) is 4. The number of amides is 2. The van der Waals surface area contributed by atoms with Gasteiger partial charge in [-0.2, -0.15) is 0 Å². The monoisotopic (exact) mass is 556 g/mol. The van der Waals surface area contributed by atoms with Crippen LogP contribution in [0.5, 0.6) is 0 Å². The van der Waals surface area contributed by atoms with Crippen LogP contribution in [0.1, 0.15) is 39.0 Å². The summed E-state index contributed by atoms with van der Waals surface area (Å²) in [6.45, 7) is 5.47. The van der Waals surface area contributed by atoms with E-state index in [2.05, 4.69) is 16.8 Å². The average Bonchev–Trinajstić information content (AvgIpc) is 3.41. The minimum absolute atomic E-state index is 0.0418. The molecule has 0 spiro atoms. The maximum Gasteiger partial charge on any atom is 0.254 e. The van der Waals surface area contributed by atoms with Gasteiger partial charge >= 0.3 is 0 Å². The molecule has 0 bridgehead atoms. The van der Waals surface area contributed by atoms with Crippen LogP contribution in [0.2, 0.25) is 5.02 Å². The number of H-pyrrole nitrogens is 1. The molecule has 8 heteroatoms. The van der Waals surface area contributed by atoms with E-state index in [1.807, 2.05) is 82.7 Å². The summed E-state index contributed by atoms with van der Waals surface area (Å²) in [6, 6.07) is 21.1. The number of para-hydroxylation sites is 1. The zero-order valence-corrected chi connectivity index (χ0v) is 23.5. The van der Waals surface area contributed by atoms with Crippen LogP contribution < -0.4 is 4.90 Å². The molecule has 0 aliphatic carbocycles. The van der Waals surface area contributed by atoms with E-state index in [9.17, 15) is 9.59 Å². The van der Waals surface area contributed by atoms with Gasteiger partial charge in [-0.05, 0) is 42.3 Å². The predicted octanol–water partition coefficient (Wildman–Crippen LogP) is 5.41. The Bertz CT molecular complexity index is 1560. The van der Waals surface area contributed by atoms with Gasteiger partial charge in [-0.1, -0.05) is 54.1 Å². The summed E-state index contributed by atoms with van der Waals surface area (Å²) in [5.74, 6) is -0.572. The van der Waals surface area contributed by atoms with E-state index in [0.29, 0.717) is 49.9 Å². The zero-order chi connectivity index (χ0) is 27.8. The Morgan fingerprint density at radius 1 is 1.00 bits per heavy atom. The smallest absolute Gasteiger partial charge is 0.254 e. The average molecular weight is 557 g/mol. The number of halogens is 1. The number of benzene rings is 3. The third-order valence-electron chi connectivity index (χ3n) is 8.28. The zero-order valence-electron chi connectivity index (χ0n) is 22.8. The molecule has 1 aromatic heterocycles. The van der Waals surface area contributed by atoms with Gasteiger partial charge in [0.2, 0.25) is 5.91 Å². The summed E-state index contributed by atoms with van der Waals surface area (Å²) in [5.41, 5.74) is 5.57. The molecule has 2 unspecified atom stereocenters. The van der Waals surface area contributed by atoms with Gasteiger partial charge in [0, 0.05) is 78.8 Å². The lowest BCUT2D eigenvalue weighted by Crippen LogP contribution is -2.54. The standard InChI is InChI=1S/C32H33ClN4O3/c1-21-11-12-22(33)19-28(21)35-13-15-36(16-14-35)32(39)29-24-8-3-4-9-25(24)31(38)37(17-18-40-2)30(29)26-20-34-27-10-6-5-7-23(26)27/h3-12,19-20,29-30,34H,13-18H2,1-2H3. The molecule has 4 aromatic rings. The number of hydrogen-bond donors (Lipinski definition) is 1. The first-order chi connectivity index (χ1) is 19.5. The molecular weight excluding hydrogens is 524 g/mol. The van der Waals surface area contributed by atoms with Crippen LogP contribution in [-0.2, 0) is 9.53 Å². The number of nitrogens with zero attached hydrogens (tertiary/aromatic N) is 3. The van der Waals surface area contributed by atoms with Crippen molar-refractivity contribution in [2.45, 2.75) is 18.9 Å². The van der Waals surface area contributed by atoms with Gasteiger partial charge in [0.15, 0.2) is 0 Å². The summed E-state index contributed by atoms with van der Waals surface area (Å²) in [7, 11) is 1.63. The number of aromatic amines is 1. The van der Waals surface area contributed by atoms with Crippen LogP contribution in [0.3, 0.4) is 0 Å². The highest BCUT2D eigenvalue weighted by Gasteiger charge is 2.46. The minimum atomic E-state index is -0.538. The highest BCUT2D eigenvalue weighted by molar-refractivity contribution is 6.30. The second-order valence-corrected chi connectivity index (χ2v) is 11.0. The Morgan fingerprint density at radius 3 is 2.55 bits per heavy atom. The Hall–Kier alpha value is -3.81. The van der Waals surface area contributed by atoms with Crippen molar-refractivity contribution in [2.75, 3.05) is 51.3 Å². The third kappa shape index (κ3) is 4.63. The van der Waals surface area contributed by atoms with Crippen molar-refractivity contribution in [2.24, 2.45) is 0 Å². The van der Waals surface area contributed by atoms with Crippen LogP contribution in [0, 0.1) is 6.92 Å². The van der Waals surface area contributed by atoms with Gasteiger partial charge in [-0.25, -0.2) is 0 Å². The molecule has 2 aliphatic heterocycles. The van der Waals surface area contributed by atoms with Gasteiger partial charge in [0.1, 0.15) is 0 Å². The maximum absolute atomic E-state index is 14.6. The molecule has 2 amide bonds. The van der Waals surface area contributed by atoms with Crippen molar-refractivity contribution in [1.29, 1.82) is 0 Å². The number of carbonyl (C=O) groups excluding carboxylic acids is 2. The van der Waals surface area contributed by atoms with Gasteiger partial charge in [-0.3, -0.25) is 9.59 Å². The van der Waals surface area contributed by atoms with Crippen LogP contribution in [0.25, 0.3) is 10.9 Å². The van der Waals surface area contributed by atoms with Gasteiger partial charge in [0.25, 0.3) is 5.91 Å². The van der Waals surface area contributed by atoms with Crippen molar-refractivity contribution >= 4 is 40.0 Å². The number of aromatic nitrogens is 1. The first kappa shape index (κ1) is 26.4. The Kier molecular flexibility index (Phi) is 7.26. The summed E-state index contributed by atoms with van der Waals surface area (Å²) in [5, 5.41) is 1.72. The van der Waals surface area contributed by atoms with Crippen molar-refractivity contribution in [3.05, 3.63) is 100 Å². The number of rotatable bonds is 6. The Morgan fingerprint density at radius 2 is 1.75 bits per heavy atom. The SMILES string of the molecule is COCCN1C(=O)c2ccccc2C(C(=O)N2CCN(c3cc(Cl)ccc3C)CC2)C1c1c[nH]c2ccccc12. The highest BCUT2D eigenvalue weighted by atomic mass is 35.5. The number of fused-ring (bicyclic) bond motifs is 2. The molecule has 206 valence electrons. The number of aryl methyl sites for hydroxylation is 1. The number of piperazine rings is 1. The van der Waals surface area contributed by atoms with Crippen molar-refractivity contribution in [3.8, 4) is 0 Å². The van der Waals surface area contributed by atoms with Crippen LogP contribution >= 0.6 is 11.6 Å². The van der Waals surface area contributed by atoms with Crippen molar-refractivity contribution in [3.63, 3.8) is 0 Å². The fraction of sp³-hybridized carbons (Fsp3) is 0.312. The van der Waals surface area contributed by atoms with E-state index in [1.54, 1.807) is 7.11 Å². The quantitative estimate of drug-likeness (QED) is 0.345. The van der Waals surface area contributed by atoms with E-state index in [1.165, 1.54) is 0 Å². The summed E-state index contributed by atoms with van der Waals surface area (Å²) < 4.78 is 5.41. The van der Waals surface area contributed by atoms with E-state index in [4.69, 9.17) is 16.3 Å². The van der Waals surface area contributed by atoms with Gasteiger partial charge in [0.05, 0.1) is 18.6 Å². The number of nitrogens with one attached hydrogen (secondary N) is 1. The van der Waals surface area contributed by atoms with E-state index in [-0.39, 0.29) is 11.8 Å². The lowest BCUT2D eigenvalue weighted by Gasteiger charge is -2.44. The number of anilines is 1. The largest absolute Gasteiger partial charge is 0.383 e. The molecule has 1 fully saturated rings. The topological polar surface area (TPSA) is 68.9 Å². The second-order valence-electron chi connectivity index (χ2n) is 10.5. The molecule has 1 saturated heterocycles. The molecule has 40 heavy (non-hydrogen) atoms. The third-order valence-corrected chi connectivity index (χ3v) is 8.52. The Balaban J connectivity index is 1.38. The normalized spacial score (nSPS) is 19.3. The predicted molar refractivity (Wildman–Crippen MR) is 158 cm³/mol. The second kappa shape index (κ2) is 11.0. The molecule has 7 nitrogen and oxygen atoms in total. The summed E-state index contributed by atoms with van der Waals surface area (Å²) in [6.07, 6.45) is 1.95. The van der Waals surface area contributed by atoms with E-state index in [0.717, 1.165) is 33.3 Å². The first-order valence-electron chi connectivity index (χ1n) is 13.7. The minimum Gasteiger partial charge on any atom is -0.383 e. The Labute approximate surface area is 239 Å². The van der Waals surface area contributed by atoms with Gasteiger partial charge in [-0.15, -0.1) is 0 Å². The van der Waals surface area contributed by atoms with Crippen LogP contribution in [0.15, 0.2) is 72.9 Å². The summed E-state index contributed by atoms with van der Waals surface area (Å²) in [4.78, 5) is 37.9. The van der Waals surface area contributed by atoms with Crippen molar-refractivity contribution < 1.29 is 14.3 Å². The number of ether oxygens (including phenoxy) is 1. The highest BCUT2D eigenvalue weighted by Crippen LogP contribution is 2.45. The molecule has 2 aliphatic rings. The lowest BCUT2D eigenvalue weighted by molar-refractivity contribution is -0.135. The fourth-order valence-corrected chi connectivity index (χ4v) is 6.43. The summed E-state index contributed by atoms with van der Waals surface area (Å²) >= 11 is 6.30. The van der Waals surface area contributed by atoms with Crippen LogP contribution in [0.4, 0.5) is 5.69 Å². The fourth-order valence-electron chi connectivity index (χ4n) is 6.27. The lowest BCUT2D eigenvalue weighted by atomic mass is 9.78. The first-order valence-corrected chi connectivity index (χ1v) is 14.1. The molecule has 6 rings (SSSR count). The molecule has 0 saturated carbocycles.